The Morgan fingerprint density at radius 1 is 1.41 bits per heavy atom. The lowest BCUT2D eigenvalue weighted by atomic mass is 10.2. The van der Waals surface area contributed by atoms with Gasteiger partial charge in [0.15, 0.2) is 11.5 Å². The second-order valence-corrected chi connectivity index (χ2v) is 3.75. The van der Waals surface area contributed by atoms with Crippen molar-refractivity contribution in [1.82, 2.24) is 5.32 Å². The van der Waals surface area contributed by atoms with Gasteiger partial charge in [-0.1, -0.05) is 11.6 Å². The van der Waals surface area contributed by atoms with Crippen molar-refractivity contribution >= 4 is 23.4 Å². The van der Waals surface area contributed by atoms with Gasteiger partial charge in [-0.2, -0.15) is 0 Å². The molecule has 0 aliphatic carbocycles. The van der Waals surface area contributed by atoms with E-state index in [0.717, 1.165) is 0 Å². The average Bonchev–Trinajstić information content (AvgIpc) is 2.74. The van der Waals surface area contributed by atoms with E-state index in [2.05, 4.69) is 5.32 Å². The second-order valence-electron chi connectivity index (χ2n) is 3.34. The fraction of sp³-hybridized carbons (Fsp3) is 0.200. The predicted molar refractivity (Wildman–Crippen MR) is 59.1 cm³/mol. The minimum Gasteiger partial charge on any atom is -0.454 e. The van der Waals surface area contributed by atoms with Gasteiger partial charge in [0.2, 0.25) is 12.7 Å². The third-order valence-corrected chi connectivity index (χ3v) is 2.39. The monoisotopic (exact) mass is 256 g/mol. The number of rotatable bonds is 3. The normalized spacial score (nSPS) is 12.3. The molecule has 0 bridgehead atoms. The van der Waals surface area contributed by atoms with Crippen LogP contribution in [0.3, 0.4) is 0 Å². The molecule has 0 radical (unpaired) electrons. The van der Waals surface area contributed by atoms with Crippen molar-refractivity contribution in [1.29, 1.82) is 0 Å². The van der Waals surface area contributed by atoms with E-state index in [1.54, 1.807) is 0 Å². The first kappa shape index (κ1) is 11.5. The fourth-order valence-electron chi connectivity index (χ4n) is 1.37. The molecule has 0 spiro atoms. The smallest absolute Gasteiger partial charge is 0.251 e. The lowest BCUT2D eigenvalue weighted by Crippen LogP contribution is -2.33. The maximum atomic E-state index is 11.6. The Morgan fingerprint density at radius 3 is 2.88 bits per heavy atom. The Bertz CT molecular complexity index is 489. The summed E-state index contributed by atoms with van der Waals surface area (Å²) in [4.78, 5) is 22.2. The van der Waals surface area contributed by atoms with Crippen LogP contribution in [0.4, 0.5) is 0 Å². The van der Waals surface area contributed by atoms with Crippen LogP contribution in [0.5, 0.6) is 11.5 Å². The summed E-state index contributed by atoms with van der Waals surface area (Å²) in [6.45, 7) is -0.160. The van der Waals surface area contributed by atoms with Crippen molar-refractivity contribution in [3.63, 3.8) is 0 Å². The topological polar surface area (TPSA) is 90.7 Å². The molecular weight excluding hydrogens is 248 g/mol. The van der Waals surface area contributed by atoms with E-state index >= 15 is 0 Å². The maximum absolute atomic E-state index is 11.6. The summed E-state index contributed by atoms with van der Waals surface area (Å²) < 4.78 is 10.2. The Balaban J connectivity index is 2.19. The number of hydrogen-bond donors (Lipinski definition) is 2. The Morgan fingerprint density at radius 2 is 2.18 bits per heavy atom. The number of benzene rings is 1. The first-order valence-electron chi connectivity index (χ1n) is 4.73. The summed E-state index contributed by atoms with van der Waals surface area (Å²) >= 11 is 5.90. The quantitative estimate of drug-likeness (QED) is 0.813. The third kappa shape index (κ3) is 2.42. The van der Waals surface area contributed by atoms with Crippen LogP contribution in [-0.2, 0) is 4.79 Å². The van der Waals surface area contributed by atoms with Crippen LogP contribution in [-0.4, -0.2) is 25.2 Å². The van der Waals surface area contributed by atoms with Crippen molar-refractivity contribution in [3.05, 3.63) is 22.7 Å². The van der Waals surface area contributed by atoms with Crippen LogP contribution in [0.25, 0.3) is 0 Å². The van der Waals surface area contributed by atoms with Crippen LogP contribution in [0, 0.1) is 0 Å². The Hall–Kier alpha value is -1.95. The number of nitrogens with one attached hydrogen (secondary N) is 1. The zero-order valence-corrected chi connectivity index (χ0v) is 9.41. The minimum absolute atomic E-state index is 0.0708. The number of carbonyl (C=O) groups is 2. The molecule has 3 N–H and O–H groups in total. The molecule has 1 aromatic carbocycles. The average molecular weight is 257 g/mol. The van der Waals surface area contributed by atoms with Gasteiger partial charge in [-0.3, -0.25) is 9.59 Å². The molecule has 0 saturated carbocycles. The highest BCUT2D eigenvalue weighted by Gasteiger charge is 2.20. The third-order valence-electron chi connectivity index (χ3n) is 2.11. The summed E-state index contributed by atoms with van der Waals surface area (Å²) in [5, 5.41) is 2.63. The number of carbonyl (C=O) groups excluding carboxylic acids is 2. The summed E-state index contributed by atoms with van der Waals surface area (Å²) in [5.74, 6) is -0.256. The fourth-order valence-corrected chi connectivity index (χ4v) is 1.63. The molecule has 0 fully saturated rings. The molecule has 0 aromatic heterocycles. The van der Waals surface area contributed by atoms with E-state index in [1.807, 2.05) is 0 Å². The van der Waals surface area contributed by atoms with Crippen molar-refractivity contribution in [2.45, 2.75) is 0 Å². The minimum atomic E-state index is -0.620. The van der Waals surface area contributed by atoms with E-state index in [1.165, 1.54) is 12.1 Å². The molecule has 2 amide bonds. The largest absolute Gasteiger partial charge is 0.454 e. The number of hydrogen-bond acceptors (Lipinski definition) is 4. The number of nitrogens with two attached hydrogens (primary N) is 1. The van der Waals surface area contributed by atoms with Gasteiger partial charge >= 0.3 is 0 Å². The van der Waals surface area contributed by atoms with E-state index in [0.29, 0.717) is 11.5 Å². The number of halogens is 1. The lowest BCUT2D eigenvalue weighted by molar-refractivity contribution is -0.117. The maximum Gasteiger partial charge on any atom is 0.251 e. The molecule has 0 saturated heterocycles. The van der Waals surface area contributed by atoms with Gasteiger partial charge in [0.05, 0.1) is 11.6 Å². The van der Waals surface area contributed by atoms with Gasteiger partial charge in [0.1, 0.15) is 0 Å². The molecule has 2 rings (SSSR count). The van der Waals surface area contributed by atoms with Crippen molar-refractivity contribution in [3.8, 4) is 11.5 Å². The summed E-state index contributed by atoms with van der Waals surface area (Å²) in [6.07, 6.45) is 0. The number of ether oxygens (including phenoxy) is 2. The first-order chi connectivity index (χ1) is 8.08. The highest BCUT2D eigenvalue weighted by molar-refractivity contribution is 6.32. The zero-order chi connectivity index (χ0) is 12.4. The van der Waals surface area contributed by atoms with E-state index in [4.69, 9.17) is 26.8 Å². The number of primary amides is 1. The molecule has 1 aliphatic heterocycles. The standard InChI is InChI=1S/C10H9ClN2O4/c11-6-1-5(10(15)13-3-8(12)14)2-7-9(6)17-4-16-7/h1-2H,3-4H2,(H2,12,14)(H,13,15). The summed E-state index contributed by atoms with van der Waals surface area (Å²) in [5.41, 5.74) is 5.19. The van der Waals surface area contributed by atoms with Crippen LogP contribution in [0.2, 0.25) is 5.02 Å². The molecule has 1 heterocycles. The molecule has 90 valence electrons. The second kappa shape index (κ2) is 4.50. The molecular formula is C10H9ClN2O4. The predicted octanol–water partition coefficient (Wildman–Crippen LogP) is 0.284. The van der Waals surface area contributed by atoms with Gasteiger partial charge < -0.3 is 20.5 Å². The highest BCUT2D eigenvalue weighted by atomic mass is 35.5. The molecule has 6 nitrogen and oxygen atoms in total. The van der Waals surface area contributed by atoms with Crippen LogP contribution < -0.4 is 20.5 Å². The first-order valence-corrected chi connectivity index (χ1v) is 5.11. The van der Waals surface area contributed by atoms with Crippen LogP contribution in [0.1, 0.15) is 10.4 Å². The van der Waals surface area contributed by atoms with Crippen LogP contribution >= 0.6 is 11.6 Å². The summed E-state index contributed by atoms with van der Waals surface area (Å²) in [7, 11) is 0. The van der Waals surface area contributed by atoms with E-state index in [-0.39, 0.29) is 23.9 Å². The molecule has 1 aliphatic rings. The molecule has 0 atom stereocenters. The van der Waals surface area contributed by atoms with Gasteiger partial charge in [-0.25, -0.2) is 0 Å². The molecule has 7 heteroatoms. The zero-order valence-electron chi connectivity index (χ0n) is 8.66. The van der Waals surface area contributed by atoms with E-state index in [9.17, 15) is 9.59 Å². The Labute approximate surface area is 102 Å². The molecule has 1 aromatic rings. The summed E-state index contributed by atoms with van der Waals surface area (Å²) in [6, 6.07) is 2.93. The van der Waals surface area contributed by atoms with Crippen molar-refractivity contribution in [2.24, 2.45) is 5.73 Å². The lowest BCUT2D eigenvalue weighted by Gasteiger charge is -2.05. The van der Waals surface area contributed by atoms with Crippen LogP contribution in [0.15, 0.2) is 12.1 Å². The van der Waals surface area contributed by atoms with Gasteiger partial charge in [0, 0.05) is 5.56 Å². The van der Waals surface area contributed by atoms with Crippen molar-refractivity contribution < 1.29 is 19.1 Å². The van der Waals surface area contributed by atoms with E-state index < -0.39 is 11.8 Å². The van der Waals surface area contributed by atoms with Gasteiger partial charge in [0.25, 0.3) is 5.91 Å². The number of fused-ring (bicyclic) bond motifs is 1. The Kier molecular flexibility index (Phi) is 3.06. The SMILES string of the molecule is NC(=O)CNC(=O)c1cc(Cl)c2c(c1)OCO2. The molecule has 17 heavy (non-hydrogen) atoms. The highest BCUT2D eigenvalue weighted by Crippen LogP contribution is 2.39. The number of amides is 2. The van der Waals surface area contributed by atoms with Crippen molar-refractivity contribution in [2.75, 3.05) is 13.3 Å². The van der Waals surface area contributed by atoms with Gasteiger partial charge in [-0.15, -0.1) is 0 Å². The van der Waals surface area contributed by atoms with Gasteiger partial charge in [-0.05, 0) is 12.1 Å². The molecule has 0 unspecified atom stereocenters.